The van der Waals surface area contributed by atoms with Crippen molar-refractivity contribution in [1.29, 1.82) is 0 Å². The maximum atomic E-state index is 13.1. The Kier molecular flexibility index (Phi) is 6.47. The normalized spacial score (nSPS) is 26.1. The van der Waals surface area contributed by atoms with Crippen LogP contribution in [0.15, 0.2) is 36.4 Å². The molecule has 0 bridgehead atoms. The van der Waals surface area contributed by atoms with Gasteiger partial charge in [-0.1, -0.05) is 24.6 Å². The molecule has 40 heavy (non-hydrogen) atoms. The molecular weight excluding hydrogens is 504 g/mol. The fourth-order valence-corrected chi connectivity index (χ4v) is 7.77. The maximum absolute atomic E-state index is 13.1. The van der Waals surface area contributed by atoms with E-state index < -0.39 is 6.10 Å². The molecular formula is C33H38N2O5. The van der Waals surface area contributed by atoms with Gasteiger partial charge in [0.05, 0.1) is 30.7 Å². The molecule has 2 aromatic rings. The Bertz CT molecular complexity index is 1400. The number of carbonyl (C=O) groups is 2. The molecule has 1 N–H and O–H groups in total. The summed E-state index contributed by atoms with van der Waals surface area (Å²) in [6.07, 6.45) is 11.0. The number of Topliss-reactive ketones (excluding diaryl/α,β-unsaturated/α-hetero) is 1. The zero-order chi connectivity index (χ0) is 27.4. The van der Waals surface area contributed by atoms with Crippen molar-refractivity contribution in [3.8, 4) is 11.5 Å². The minimum atomic E-state index is -0.473. The number of rotatable bonds is 8. The highest BCUT2D eigenvalue weighted by atomic mass is 16.5. The zero-order valence-electron chi connectivity index (χ0n) is 23.3. The van der Waals surface area contributed by atoms with Gasteiger partial charge in [-0.2, -0.15) is 0 Å². The van der Waals surface area contributed by atoms with Crippen molar-refractivity contribution < 1.29 is 24.2 Å². The van der Waals surface area contributed by atoms with Crippen molar-refractivity contribution in [2.75, 3.05) is 31.6 Å². The lowest BCUT2D eigenvalue weighted by molar-refractivity contribution is -0.117. The van der Waals surface area contributed by atoms with Crippen molar-refractivity contribution in [1.82, 2.24) is 4.90 Å². The number of benzene rings is 2. The Morgan fingerprint density at radius 1 is 1.15 bits per heavy atom. The first-order valence-electron chi connectivity index (χ1n) is 14.9. The Labute approximate surface area is 235 Å². The number of unbranched alkanes of at least 4 members (excludes halogenated alkanes) is 2. The summed E-state index contributed by atoms with van der Waals surface area (Å²) >= 11 is 0. The lowest BCUT2D eigenvalue weighted by Crippen LogP contribution is -2.43. The number of ketones is 1. The van der Waals surface area contributed by atoms with E-state index in [0.717, 1.165) is 93.0 Å². The molecule has 4 heterocycles. The standard InChI is InChI=1S/C33H38N2O5/c1-39-27-9-8-22-20-34(15-12-33-11-10-25(36)19-28(33)40-32(27)30(22)33)13-4-2-3-7-26(37)23-16-21-6-5-14-35-29(38)18-24(17-23)31(21)35/h8-11,16-17,25,28,36H,2-7,12-15,18-20H2,1H3/t25-,28-,33-/m0/s1. The van der Waals surface area contributed by atoms with Gasteiger partial charge in [0, 0.05) is 37.1 Å². The number of hydrogen-bond acceptors (Lipinski definition) is 6. The zero-order valence-corrected chi connectivity index (χ0v) is 23.3. The van der Waals surface area contributed by atoms with E-state index in [4.69, 9.17) is 9.47 Å². The highest BCUT2D eigenvalue weighted by molar-refractivity contribution is 6.05. The van der Waals surface area contributed by atoms with Crippen molar-refractivity contribution in [2.24, 2.45) is 0 Å². The number of nitrogens with zero attached hydrogens (tertiary/aromatic N) is 2. The molecule has 210 valence electrons. The maximum Gasteiger partial charge on any atom is 0.231 e. The van der Waals surface area contributed by atoms with Crippen molar-refractivity contribution in [3.05, 3.63) is 64.2 Å². The van der Waals surface area contributed by atoms with E-state index >= 15 is 0 Å². The summed E-state index contributed by atoms with van der Waals surface area (Å²) in [5.41, 5.74) is 6.38. The molecule has 1 aliphatic carbocycles. The van der Waals surface area contributed by atoms with Gasteiger partial charge < -0.3 is 19.5 Å². The van der Waals surface area contributed by atoms with Gasteiger partial charge in [-0.15, -0.1) is 0 Å². The van der Waals surface area contributed by atoms with E-state index in [1.807, 2.05) is 29.2 Å². The molecule has 2 aromatic carbocycles. The lowest BCUT2D eigenvalue weighted by atomic mass is 9.69. The Morgan fingerprint density at radius 2 is 2.02 bits per heavy atom. The number of anilines is 1. The third-order valence-corrected chi connectivity index (χ3v) is 9.74. The number of aliphatic hydroxyl groups is 1. The Balaban J connectivity index is 0.973. The van der Waals surface area contributed by atoms with Gasteiger partial charge in [0.1, 0.15) is 6.10 Å². The fraction of sp³-hybridized carbons (Fsp3) is 0.515. The lowest BCUT2D eigenvalue weighted by Gasteiger charge is -2.35. The molecule has 0 saturated heterocycles. The van der Waals surface area contributed by atoms with Crippen LogP contribution < -0.4 is 14.4 Å². The second kappa shape index (κ2) is 10.0. The van der Waals surface area contributed by atoms with Gasteiger partial charge in [-0.3, -0.25) is 14.5 Å². The second-order valence-corrected chi connectivity index (χ2v) is 12.2. The molecule has 7 nitrogen and oxygen atoms in total. The number of aryl methyl sites for hydroxylation is 1. The topological polar surface area (TPSA) is 79.3 Å². The number of ether oxygens (including phenoxy) is 2. The van der Waals surface area contributed by atoms with Gasteiger partial charge in [0.2, 0.25) is 5.91 Å². The predicted molar refractivity (Wildman–Crippen MR) is 152 cm³/mol. The monoisotopic (exact) mass is 542 g/mol. The third kappa shape index (κ3) is 4.17. The summed E-state index contributed by atoms with van der Waals surface area (Å²) < 4.78 is 12.1. The molecule has 0 radical (unpaired) electrons. The van der Waals surface area contributed by atoms with Gasteiger partial charge >= 0.3 is 0 Å². The summed E-state index contributed by atoms with van der Waals surface area (Å²) in [5.74, 6) is 1.98. The molecule has 5 aliphatic rings. The number of methoxy groups -OCH3 is 1. The number of hydrogen-bond donors (Lipinski definition) is 1. The predicted octanol–water partition coefficient (Wildman–Crippen LogP) is 4.50. The minimum Gasteiger partial charge on any atom is -0.493 e. The molecule has 0 unspecified atom stereocenters. The van der Waals surface area contributed by atoms with Crippen LogP contribution in [0, 0.1) is 0 Å². The van der Waals surface area contributed by atoms with Crippen molar-refractivity contribution in [3.63, 3.8) is 0 Å². The van der Waals surface area contributed by atoms with Crippen LogP contribution in [0.5, 0.6) is 11.5 Å². The fourth-order valence-electron chi connectivity index (χ4n) is 7.77. The van der Waals surface area contributed by atoms with E-state index in [-0.39, 0.29) is 23.2 Å². The summed E-state index contributed by atoms with van der Waals surface area (Å²) in [7, 11) is 1.68. The highest BCUT2D eigenvalue weighted by Crippen LogP contribution is 2.55. The van der Waals surface area contributed by atoms with Crippen LogP contribution in [0.4, 0.5) is 5.69 Å². The van der Waals surface area contributed by atoms with E-state index in [0.29, 0.717) is 19.3 Å². The molecule has 0 aromatic heterocycles. The highest BCUT2D eigenvalue weighted by Gasteiger charge is 2.52. The van der Waals surface area contributed by atoms with Gasteiger partial charge in [-0.25, -0.2) is 0 Å². The van der Waals surface area contributed by atoms with Crippen LogP contribution in [0.1, 0.15) is 77.6 Å². The molecule has 1 spiro atoms. The van der Waals surface area contributed by atoms with E-state index in [9.17, 15) is 14.7 Å². The number of aliphatic hydroxyl groups excluding tert-OH is 1. The van der Waals surface area contributed by atoms with Crippen LogP contribution in [0.25, 0.3) is 0 Å². The average molecular weight is 543 g/mol. The molecule has 0 fully saturated rings. The molecule has 1 amide bonds. The molecule has 7 rings (SSSR count). The summed E-state index contributed by atoms with van der Waals surface area (Å²) in [5, 5.41) is 10.3. The van der Waals surface area contributed by atoms with E-state index in [2.05, 4.69) is 17.0 Å². The molecule has 4 aliphatic heterocycles. The van der Waals surface area contributed by atoms with Crippen molar-refractivity contribution >= 4 is 17.4 Å². The summed E-state index contributed by atoms with van der Waals surface area (Å²) in [6.45, 7) is 3.62. The number of amides is 1. The molecule has 7 heteroatoms. The van der Waals surface area contributed by atoms with E-state index in [1.165, 1.54) is 16.7 Å². The molecule has 3 atom stereocenters. The first-order chi connectivity index (χ1) is 19.5. The Morgan fingerprint density at radius 3 is 2.90 bits per heavy atom. The Hall–Kier alpha value is -3.16. The average Bonchev–Trinajstić information content (AvgIpc) is 3.40. The quantitative estimate of drug-likeness (QED) is 0.301. The summed E-state index contributed by atoms with van der Waals surface area (Å²) in [6, 6.07) is 8.20. The molecule has 0 saturated carbocycles. The third-order valence-electron chi connectivity index (χ3n) is 9.74. The number of carbonyl (C=O) groups excluding carboxylic acids is 2. The smallest absolute Gasteiger partial charge is 0.231 e. The van der Waals surface area contributed by atoms with Crippen LogP contribution >= 0.6 is 0 Å². The first kappa shape index (κ1) is 25.8. The second-order valence-electron chi connectivity index (χ2n) is 12.2. The van der Waals surface area contributed by atoms with Gasteiger partial charge in [0.15, 0.2) is 17.3 Å². The minimum absolute atomic E-state index is 0.0709. The first-order valence-corrected chi connectivity index (χ1v) is 14.9. The van der Waals surface area contributed by atoms with Crippen molar-refractivity contribution in [2.45, 2.75) is 82.0 Å². The van der Waals surface area contributed by atoms with Crippen LogP contribution in [0.3, 0.4) is 0 Å². The van der Waals surface area contributed by atoms with Gasteiger partial charge in [0.25, 0.3) is 0 Å². The SMILES string of the molecule is COc1ccc2c3c1O[C@H]1C[C@@H](O)C=C[C@@]31CCN(CCCCCC(=O)c1cc3c4c(c1)CC(=O)N4CCC3)C2. The van der Waals surface area contributed by atoms with Crippen LogP contribution in [-0.2, 0) is 29.6 Å². The van der Waals surface area contributed by atoms with Crippen LogP contribution in [0.2, 0.25) is 0 Å². The van der Waals surface area contributed by atoms with Gasteiger partial charge in [-0.05, 0) is 80.1 Å². The van der Waals surface area contributed by atoms with E-state index in [1.54, 1.807) is 7.11 Å². The largest absolute Gasteiger partial charge is 0.493 e. The summed E-state index contributed by atoms with van der Waals surface area (Å²) in [4.78, 5) is 29.9. The van der Waals surface area contributed by atoms with Crippen LogP contribution in [-0.4, -0.2) is 60.6 Å².